The van der Waals surface area contributed by atoms with Crippen LogP contribution >= 0.6 is 15.9 Å². The molecule has 0 saturated carbocycles. The first-order valence-electron chi connectivity index (χ1n) is 5.76. The van der Waals surface area contributed by atoms with E-state index in [0.29, 0.717) is 15.7 Å². The molecule has 0 spiro atoms. The van der Waals surface area contributed by atoms with Crippen LogP contribution in [0.4, 0.5) is 5.69 Å². The van der Waals surface area contributed by atoms with E-state index in [1.807, 2.05) is 6.92 Å². The third-order valence-corrected chi connectivity index (χ3v) is 4.97. The average Bonchev–Trinajstić information content (AvgIpc) is 2.38. The lowest BCUT2D eigenvalue weighted by molar-refractivity contribution is 0.281. The lowest BCUT2D eigenvalue weighted by atomic mass is 10.2. The van der Waals surface area contributed by atoms with E-state index < -0.39 is 10.0 Å². The number of aryl methyl sites for hydroxylation is 1. The fraction of sp³-hybridized carbons (Fsp3) is 0.154. The summed E-state index contributed by atoms with van der Waals surface area (Å²) in [6.45, 7) is 1.61. The van der Waals surface area contributed by atoms with Crippen LogP contribution in [0.3, 0.4) is 0 Å². The first-order valence-corrected chi connectivity index (χ1v) is 8.04. The Kier molecular flexibility index (Phi) is 4.42. The molecule has 1 heterocycles. The fourth-order valence-corrected chi connectivity index (χ4v) is 3.72. The number of hydrogen-bond donors (Lipinski definition) is 2. The molecule has 0 aliphatic rings. The van der Waals surface area contributed by atoms with Gasteiger partial charge in [-0.15, -0.1) is 0 Å². The molecule has 0 bridgehead atoms. The molecule has 0 saturated heterocycles. The Hall–Kier alpha value is -1.44. The third-order valence-electron chi connectivity index (χ3n) is 2.59. The van der Waals surface area contributed by atoms with Gasteiger partial charge >= 0.3 is 0 Å². The van der Waals surface area contributed by atoms with Crippen molar-refractivity contribution in [1.82, 2.24) is 4.98 Å². The standard InChI is InChI=1S/C13H13BrN2O3S/c1-9-4-11(7-15-6-9)16-20(18,19)13-5-10(8-17)2-3-12(13)14/h2-7,16-17H,8H2,1H3. The lowest BCUT2D eigenvalue weighted by Crippen LogP contribution is -2.14. The second-order valence-corrected chi connectivity index (χ2v) is 6.78. The van der Waals surface area contributed by atoms with Crippen LogP contribution in [0.2, 0.25) is 0 Å². The minimum absolute atomic E-state index is 0.0746. The van der Waals surface area contributed by atoms with Crippen LogP contribution in [0.15, 0.2) is 46.0 Å². The first-order chi connectivity index (χ1) is 9.42. The van der Waals surface area contributed by atoms with E-state index in [4.69, 9.17) is 5.11 Å². The highest BCUT2D eigenvalue weighted by atomic mass is 79.9. The number of benzene rings is 1. The number of aromatic nitrogens is 1. The molecule has 5 nitrogen and oxygen atoms in total. The van der Waals surface area contributed by atoms with Crippen molar-refractivity contribution in [2.45, 2.75) is 18.4 Å². The van der Waals surface area contributed by atoms with Gasteiger partial charge in [-0.1, -0.05) is 6.07 Å². The Morgan fingerprint density at radius 3 is 2.70 bits per heavy atom. The van der Waals surface area contributed by atoms with Gasteiger partial charge in [-0.25, -0.2) is 8.42 Å². The molecule has 2 rings (SSSR count). The van der Waals surface area contributed by atoms with Crippen molar-refractivity contribution in [2.75, 3.05) is 4.72 Å². The van der Waals surface area contributed by atoms with Gasteiger partial charge in [-0.2, -0.15) is 0 Å². The molecule has 1 aromatic carbocycles. The maximum absolute atomic E-state index is 12.4. The van der Waals surface area contributed by atoms with E-state index in [1.54, 1.807) is 24.4 Å². The van der Waals surface area contributed by atoms with Crippen molar-refractivity contribution in [2.24, 2.45) is 0 Å². The number of nitrogens with zero attached hydrogens (tertiary/aromatic N) is 1. The van der Waals surface area contributed by atoms with Gasteiger partial charge in [0.15, 0.2) is 0 Å². The second kappa shape index (κ2) is 5.90. The quantitative estimate of drug-likeness (QED) is 0.881. The number of aliphatic hydroxyl groups is 1. The zero-order valence-electron chi connectivity index (χ0n) is 10.7. The van der Waals surface area contributed by atoms with Crippen molar-refractivity contribution in [3.8, 4) is 0 Å². The van der Waals surface area contributed by atoms with Crippen molar-refractivity contribution in [3.63, 3.8) is 0 Å². The summed E-state index contributed by atoms with van der Waals surface area (Å²) < 4.78 is 27.6. The number of aliphatic hydroxyl groups excluding tert-OH is 1. The van der Waals surface area contributed by atoms with E-state index in [2.05, 4.69) is 25.6 Å². The molecule has 0 aliphatic carbocycles. The number of rotatable bonds is 4. The normalized spacial score (nSPS) is 11.3. The van der Waals surface area contributed by atoms with E-state index in [9.17, 15) is 8.42 Å². The predicted octanol–water partition coefficient (Wildman–Crippen LogP) is 2.45. The van der Waals surface area contributed by atoms with Crippen molar-refractivity contribution in [3.05, 3.63) is 52.3 Å². The Labute approximate surface area is 125 Å². The van der Waals surface area contributed by atoms with Crippen LogP contribution in [-0.4, -0.2) is 18.5 Å². The predicted molar refractivity (Wildman–Crippen MR) is 79.8 cm³/mol. The summed E-state index contributed by atoms with van der Waals surface area (Å²) in [5.41, 5.74) is 1.77. The van der Waals surface area contributed by atoms with Gasteiger partial charge in [0.05, 0.1) is 18.5 Å². The number of hydrogen-bond acceptors (Lipinski definition) is 4. The van der Waals surface area contributed by atoms with Crippen molar-refractivity contribution in [1.29, 1.82) is 0 Å². The summed E-state index contributed by atoms with van der Waals surface area (Å²) in [7, 11) is -3.74. The van der Waals surface area contributed by atoms with Crippen LogP contribution in [0.5, 0.6) is 0 Å². The van der Waals surface area contributed by atoms with Gasteiger partial charge in [0, 0.05) is 10.7 Å². The maximum atomic E-state index is 12.4. The third kappa shape index (κ3) is 3.36. The minimum atomic E-state index is -3.74. The topological polar surface area (TPSA) is 79.3 Å². The highest BCUT2D eigenvalue weighted by Gasteiger charge is 2.18. The van der Waals surface area contributed by atoms with Gasteiger partial charge in [-0.3, -0.25) is 9.71 Å². The number of sulfonamides is 1. The Bertz CT molecular complexity index is 732. The monoisotopic (exact) mass is 356 g/mol. The van der Waals surface area contributed by atoms with Gasteiger partial charge in [0.1, 0.15) is 4.90 Å². The SMILES string of the molecule is Cc1cncc(NS(=O)(=O)c2cc(CO)ccc2Br)c1. The van der Waals surface area contributed by atoms with Gasteiger partial charge in [-0.05, 0) is 52.2 Å². The molecule has 2 aromatic rings. The molecule has 1 aromatic heterocycles. The largest absolute Gasteiger partial charge is 0.392 e. The molecule has 0 amide bonds. The lowest BCUT2D eigenvalue weighted by Gasteiger charge is -2.10. The molecular weight excluding hydrogens is 344 g/mol. The highest BCUT2D eigenvalue weighted by molar-refractivity contribution is 9.10. The van der Waals surface area contributed by atoms with Gasteiger partial charge in [0.2, 0.25) is 0 Å². The van der Waals surface area contributed by atoms with Crippen molar-refractivity contribution >= 4 is 31.6 Å². The summed E-state index contributed by atoms with van der Waals surface area (Å²) in [5, 5.41) is 9.10. The molecule has 0 aliphatic heterocycles. The fourth-order valence-electron chi connectivity index (χ4n) is 1.67. The Balaban J connectivity index is 2.40. The molecule has 7 heteroatoms. The smallest absolute Gasteiger partial charge is 0.263 e. The highest BCUT2D eigenvalue weighted by Crippen LogP contribution is 2.25. The summed E-state index contributed by atoms with van der Waals surface area (Å²) in [6.07, 6.45) is 3.08. The molecule has 0 atom stereocenters. The number of nitrogens with one attached hydrogen (secondary N) is 1. The molecule has 0 fully saturated rings. The Morgan fingerprint density at radius 1 is 1.30 bits per heavy atom. The van der Waals surface area contributed by atoms with Crippen LogP contribution < -0.4 is 4.72 Å². The van der Waals surface area contributed by atoms with Gasteiger partial charge in [0.25, 0.3) is 10.0 Å². The summed E-state index contributed by atoms with van der Waals surface area (Å²) in [5.74, 6) is 0. The minimum Gasteiger partial charge on any atom is -0.392 e. The van der Waals surface area contributed by atoms with E-state index >= 15 is 0 Å². The second-order valence-electron chi connectivity index (χ2n) is 4.28. The van der Waals surface area contributed by atoms with Crippen LogP contribution in [-0.2, 0) is 16.6 Å². The molecule has 20 heavy (non-hydrogen) atoms. The summed E-state index contributed by atoms with van der Waals surface area (Å²) >= 11 is 3.21. The molecule has 2 N–H and O–H groups in total. The van der Waals surface area contributed by atoms with Crippen LogP contribution in [0, 0.1) is 6.92 Å². The Morgan fingerprint density at radius 2 is 2.05 bits per heavy atom. The number of halogens is 1. The van der Waals surface area contributed by atoms with E-state index in [-0.39, 0.29) is 11.5 Å². The number of pyridine rings is 1. The van der Waals surface area contributed by atoms with Gasteiger partial charge < -0.3 is 5.11 Å². The molecule has 0 radical (unpaired) electrons. The molecule has 0 unspecified atom stereocenters. The summed E-state index contributed by atoms with van der Waals surface area (Å²) in [4.78, 5) is 4.01. The first kappa shape index (κ1) is 15.0. The average molecular weight is 357 g/mol. The molecular formula is C13H13BrN2O3S. The molecule has 106 valence electrons. The zero-order chi connectivity index (χ0) is 14.8. The number of anilines is 1. The zero-order valence-corrected chi connectivity index (χ0v) is 13.1. The van der Waals surface area contributed by atoms with Crippen LogP contribution in [0.25, 0.3) is 0 Å². The maximum Gasteiger partial charge on any atom is 0.263 e. The van der Waals surface area contributed by atoms with E-state index in [1.165, 1.54) is 12.3 Å². The van der Waals surface area contributed by atoms with E-state index in [0.717, 1.165) is 5.56 Å². The van der Waals surface area contributed by atoms with Crippen molar-refractivity contribution < 1.29 is 13.5 Å². The van der Waals surface area contributed by atoms with Crippen LogP contribution in [0.1, 0.15) is 11.1 Å². The summed E-state index contributed by atoms with van der Waals surface area (Å²) in [6, 6.07) is 6.36.